The lowest BCUT2D eigenvalue weighted by Gasteiger charge is -2.40. The van der Waals surface area contributed by atoms with Crippen LogP contribution < -0.4 is 0 Å². The second kappa shape index (κ2) is 10.9. The number of hydrogen-bond acceptors (Lipinski definition) is 3. The number of imide groups is 2. The minimum absolute atomic E-state index is 0.231. The molecule has 0 unspecified atom stereocenters. The third kappa shape index (κ3) is 5.29. The van der Waals surface area contributed by atoms with Crippen molar-refractivity contribution in [2.75, 3.05) is 14.1 Å². The van der Waals surface area contributed by atoms with Crippen molar-refractivity contribution >= 4 is 17.8 Å². The van der Waals surface area contributed by atoms with Gasteiger partial charge in [0, 0.05) is 14.1 Å². The molecule has 1 rings (SSSR count). The highest BCUT2D eigenvalue weighted by atomic mass is 16.2. The fourth-order valence-corrected chi connectivity index (χ4v) is 3.43. The number of hydrogen-bond donors (Lipinski definition) is 0. The molecule has 0 bridgehead atoms. The Bertz CT molecular complexity index is 515. The molecule has 0 aromatic heterocycles. The van der Waals surface area contributed by atoms with E-state index in [1.54, 1.807) is 6.08 Å². The van der Waals surface area contributed by atoms with Crippen molar-refractivity contribution in [3.63, 3.8) is 0 Å². The van der Waals surface area contributed by atoms with Gasteiger partial charge < -0.3 is 0 Å². The Balaban J connectivity index is 2.57. The summed E-state index contributed by atoms with van der Waals surface area (Å²) in [5.41, 5.74) is -1.24. The van der Waals surface area contributed by atoms with Crippen molar-refractivity contribution in [3.8, 4) is 0 Å². The molecule has 1 aliphatic heterocycles. The van der Waals surface area contributed by atoms with E-state index in [-0.39, 0.29) is 6.42 Å². The predicted octanol–water partition coefficient (Wildman–Crippen LogP) is 4.69. The summed E-state index contributed by atoms with van der Waals surface area (Å²) < 4.78 is 0. The number of rotatable bonds is 12. The Hall–Kier alpha value is -1.91. The van der Waals surface area contributed by atoms with Crippen LogP contribution >= 0.6 is 0 Å². The number of urea groups is 1. The van der Waals surface area contributed by atoms with Crippen LogP contribution in [-0.4, -0.2) is 41.7 Å². The van der Waals surface area contributed by atoms with Crippen LogP contribution in [0.25, 0.3) is 0 Å². The van der Waals surface area contributed by atoms with Crippen LogP contribution in [-0.2, 0) is 9.59 Å². The van der Waals surface area contributed by atoms with E-state index in [0.29, 0.717) is 6.42 Å². The Morgan fingerprint density at radius 1 is 0.846 bits per heavy atom. The van der Waals surface area contributed by atoms with Gasteiger partial charge in [-0.3, -0.25) is 19.4 Å². The predicted molar refractivity (Wildman–Crippen MR) is 105 cm³/mol. The lowest BCUT2D eigenvalue weighted by molar-refractivity contribution is -0.156. The highest BCUT2D eigenvalue weighted by Crippen LogP contribution is 2.36. The van der Waals surface area contributed by atoms with Crippen molar-refractivity contribution in [1.82, 2.24) is 9.80 Å². The number of amides is 4. The molecule has 0 aliphatic carbocycles. The second-order valence-corrected chi connectivity index (χ2v) is 7.17. The summed E-state index contributed by atoms with van der Waals surface area (Å²) in [6.45, 7) is 5.91. The van der Waals surface area contributed by atoms with Crippen LogP contribution in [0.3, 0.4) is 0 Å². The summed E-state index contributed by atoms with van der Waals surface area (Å²) in [5.74, 6) is -0.878. The second-order valence-electron chi connectivity index (χ2n) is 7.17. The van der Waals surface area contributed by atoms with E-state index in [9.17, 15) is 14.4 Å². The number of nitrogens with zero attached hydrogens (tertiary/aromatic N) is 2. The van der Waals surface area contributed by atoms with Crippen LogP contribution in [0.15, 0.2) is 24.8 Å². The molecule has 1 saturated heterocycles. The lowest BCUT2D eigenvalue weighted by Crippen LogP contribution is -2.62. The average molecular weight is 363 g/mol. The van der Waals surface area contributed by atoms with Crippen LogP contribution in [0, 0.1) is 5.41 Å². The van der Waals surface area contributed by atoms with Crippen molar-refractivity contribution in [2.45, 2.75) is 71.1 Å². The van der Waals surface area contributed by atoms with Gasteiger partial charge in [-0.1, -0.05) is 63.7 Å². The molecule has 5 nitrogen and oxygen atoms in total. The summed E-state index contributed by atoms with van der Waals surface area (Å²) >= 11 is 0. The quantitative estimate of drug-likeness (QED) is 0.287. The van der Waals surface area contributed by atoms with Gasteiger partial charge in [-0.25, -0.2) is 4.79 Å². The van der Waals surface area contributed by atoms with Crippen LogP contribution in [0.1, 0.15) is 71.1 Å². The van der Waals surface area contributed by atoms with Gasteiger partial charge in [0.2, 0.25) is 11.8 Å². The fourth-order valence-electron chi connectivity index (χ4n) is 3.43. The van der Waals surface area contributed by atoms with Gasteiger partial charge in [0.15, 0.2) is 0 Å². The van der Waals surface area contributed by atoms with Crippen molar-refractivity contribution in [2.24, 2.45) is 5.41 Å². The molecule has 0 N–H and O–H groups in total. The minimum atomic E-state index is -1.24. The van der Waals surface area contributed by atoms with Gasteiger partial charge in [0.1, 0.15) is 5.41 Å². The Kier molecular flexibility index (Phi) is 9.31. The van der Waals surface area contributed by atoms with Gasteiger partial charge in [0.05, 0.1) is 0 Å². The summed E-state index contributed by atoms with van der Waals surface area (Å²) in [6, 6.07) is -0.577. The summed E-state index contributed by atoms with van der Waals surface area (Å²) in [6.07, 6.45) is 15.8. The molecule has 1 aliphatic rings. The highest BCUT2D eigenvalue weighted by molar-refractivity contribution is 6.18. The van der Waals surface area contributed by atoms with E-state index in [1.165, 1.54) is 52.6 Å². The molecule has 0 radical (unpaired) electrons. The smallest absolute Gasteiger partial charge is 0.273 e. The van der Waals surface area contributed by atoms with Crippen LogP contribution in [0.4, 0.5) is 4.79 Å². The van der Waals surface area contributed by atoms with Crippen LogP contribution in [0.2, 0.25) is 0 Å². The summed E-state index contributed by atoms with van der Waals surface area (Å²) in [7, 11) is 2.85. The third-order valence-electron chi connectivity index (χ3n) is 5.10. The molecule has 26 heavy (non-hydrogen) atoms. The van der Waals surface area contributed by atoms with Crippen molar-refractivity contribution < 1.29 is 14.4 Å². The first-order valence-corrected chi connectivity index (χ1v) is 9.78. The first-order valence-electron chi connectivity index (χ1n) is 9.78. The zero-order valence-electron chi connectivity index (χ0n) is 16.6. The molecule has 1 fully saturated rings. The standard InChI is InChI=1S/C21H34N2O3/c1-5-7-8-9-10-11-12-13-14-15-17-21(16-6-2)18(24)22(3)20(26)23(4)19(21)25/h6,14-15H,2,5,7-13,16-17H2,1,3-4H3/b15-14+. The number of unbranched alkanes of at least 4 members (excludes halogenated alkanes) is 7. The minimum Gasteiger partial charge on any atom is -0.273 e. The molecule has 1 heterocycles. The number of carbonyl (C=O) groups is 3. The van der Waals surface area contributed by atoms with Gasteiger partial charge in [0.25, 0.3) is 0 Å². The van der Waals surface area contributed by atoms with Gasteiger partial charge >= 0.3 is 6.03 Å². The van der Waals surface area contributed by atoms with E-state index in [1.807, 2.05) is 12.2 Å². The molecular formula is C21H34N2O3. The Morgan fingerprint density at radius 2 is 1.38 bits per heavy atom. The molecule has 0 spiro atoms. The molecule has 0 aromatic rings. The molecule has 5 heteroatoms. The SMILES string of the molecule is C=CCC1(C/C=C/CCCCCCCCC)C(=O)N(C)C(=O)N(C)C1=O. The highest BCUT2D eigenvalue weighted by Gasteiger charge is 2.53. The first kappa shape index (κ1) is 22.1. The van der Waals surface area contributed by atoms with Gasteiger partial charge in [-0.2, -0.15) is 0 Å². The van der Waals surface area contributed by atoms with E-state index in [0.717, 1.165) is 22.6 Å². The number of barbiturate groups is 1. The van der Waals surface area contributed by atoms with Crippen LogP contribution in [0.5, 0.6) is 0 Å². The maximum absolute atomic E-state index is 12.7. The largest absolute Gasteiger partial charge is 0.332 e. The van der Waals surface area contributed by atoms with Gasteiger partial charge in [-0.15, -0.1) is 6.58 Å². The maximum atomic E-state index is 12.7. The normalized spacial score (nSPS) is 17.4. The molecule has 0 aromatic carbocycles. The lowest BCUT2D eigenvalue weighted by atomic mass is 9.77. The van der Waals surface area contributed by atoms with Crippen molar-refractivity contribution in [3.05, 3.63) is 24.8 Å². The number of carbonyl (C=O) groups excluding carboxylic acids is 3. The topological polar surface area (TPSA) is 57.7 Å². The Labute approximate surface area is 158 Å². The zero-order valence-corrected chi connectivity index (χ0v) is 16.6. The summed E-state index contributed by atoms with van der Waals surface area (Å²) in [5, 5.41) is 0. The zero-order chi connectivity index (χ0) is 19.6. The monoisotopic (exact) mass is 362 g/mol. The molecule has 146 valence electrons. The fraction of sp³-hybridized carbons (Fsp3) is 0.667. The third-order valence-corrected chi connectivity index (χ3v) is 5.10. The van der Waals surface area contributed by atoms with E-state index >= 15 is 0 Å². The van der Waals surface area contributed by atoms with Crippen molar-refractivity contribution in [1.29, 1.82) is 0 Å². The van der Waals surface area contributed by atoms with Gasteiger partial charge in [-0.05, 0) is 25.7 Å². The molecule has 0 saturated carbocycles. The molecular weight excluding hydrogens is 328 g/mol. The van der Waals surface area contributed by atoms with E-state index in [2.05, 4.69) is 13.5 Å². The number of allylic oxidation sites excluding steroid dienone is 3. The molecule has 4 amide bonds. The van der Waals surface area contributed by atoms with E-state index in [4.69, 9.17) is 0 Å². The Morgan fingerprint density at radius 3 is 1.92 bits per heavy atom. The first-order chi connectivity index (χ1) is 12.4. The average Bonchev–Trinajstić information content (AvgIpc) is 2.64. The molecule has 0 atom stereocenters. The summed E-state index contributed by atoms with van der Waals surface area (Å²) in [4.78, 5) is 39.4. The van der Waals surface area contributed by atoms with E-state index < -0.39 is 23.3 Å². The maximum Gasteiger partial charge on any atom is 0.332 e.